The normalized spacial score (nSPS) is 11.1. The van der Waals surface area contributed by atoms with Gasteiger partial charge in [-0.25, -0.2) is 4.98 Å². The van der Waals surface area contributed by atoms with E-state index in [9.17, 15) is 10.1 Å². The number of nitro groups is 1. The molecule has 2 N–H and O–H groups in total. The third kappa shape index (κ3) is 3.04. The molecule has 1 aromatic heterocycles. The summed E-state index contributed by atoms with van der Waals surface area (Å²) < 4.78 is 5.30. The van der Waals surface area contributed by atoms with E-state index >= 15 is 0 Å². The molecule has 15 heavy (non-hydrogen) atoms. The van der Waals surface area contributed by atoms with Gasteiger partial charge in [-0.3, -0.25) is 10.1 Å². The first-order valence-electron chi connectivity index (χ1n) is 4.25. The molecule has 0 aliphatic heterocycles. The Morgan fingerprint density at radius 2 is 2.13 bits per heavy atom. The Kier molecular flexibility index (Phi) is 2.74. The number of rotatable bonds is 2. The van der Waals surface area contributed by atoms with E-state index in [1.165, 1.54) is 0 Å². The summed E-state index contributed by atoms with van der Waals surface area (Å²) in [7, 11) is 0. The van der Waals surface area contributed by atoms with Gasteiger partial charge in [0.05, 0.1) is 4.92 Å². The number of ether oxygens (including phenoxy) is 1. The monoisotopic (exact) mass is 212 g/mol. The molecule has 0 saturated carbocycles. The van der Waals surface area contributed by atoms with Crippen LogP contribution in [0.25, 0.3) is 0 Å². The second kappa shape index (κ2) is 3.68. The summed E-state index contributed by atoms with van der Waals surface area (Å²) in [6, 6.07) is 0. The number of aromatic nitrogens is 2. The quantitative estimate of drug-likeness (QED) is 0.582. The van der Waals surface area contributed by atoms with Gasteiger partial charge in [0.1, 0.15) is 11.8 Å². The van der Waals surface area contributed by atoms with Crippen molar-refractivity contribution in [3.63, 3.8) is 0 Å². The lowest BCUT2D eigenvalue weighted by Crippen LogP contribution is -2.24. The highest BCUT2D eigenvalue weighted by molar-refractivity contribution is 5.41. The van der Waals surface area contributed by atoms with Gasteiger partial charge in [0.15, 0.2) is 0 Å². The van der Waals surface area contributed by atoms with Crippen molar-refractivity contribution in [2.24, 2.45) is 0 Å². The number of nitrogen functional groups attached to an aromatic ring is 1. The van der Waals surface area contributed by atoms with Gasteiger partial charge >= 0.3 is 5.69 Å². The van der Waals surface area contributed by atoms with Crippen LogP contribution < -0.4 is 10.5 Å². The zero-order chi connectivity index (χ0) is 11.6. The first-order chi connectivity index (χ1) is 6.79. The maximum absolute atomic E-state index is 10.6. The Morgan fingerprint density at radius 3 is 2.60 bits per heavy atom. The molecule has 0 spiro atoms. The molecule has 82 valence electrons. The van der Waals surface area contributed by atoms with Crippen LogP contribution in [-0.2, 0) is 0 Å². The second-order valence-electron chi connectivity index (χ2n) is 3.89. The number of hydrogen-bond acceptors (Lipinski definition) is 6. The maximum Gasteiger partial charge on any atom is 0.349 e. The van der Waals surface area contributed by atoms with Crippen molar-refractivity contribution in [3.05, 3.63) is 16.3 Å². The Labute approximate surface area is 86.4 Å². The molecule has 1 heterocycles. The van der Waals surface area contributed by atoms with Crippen LogP contribution in [0.2, 0.25) is 0 Å². The average Bonchev–Trinajstić information content (AvgIpc) is 1.99. The third-order valence-electron chi connectivity index (χ3n) is 1.35. The molecule has 0 radical (unpaired) electrons. The van der Waals surface area contributed by atoms with Crippen LogP contribution in [0.3, 0.4) is 0 Å². The fourth-order valence-electron chi connectivity index (χ4n) is 0.863. The molecule has 0 fully saturated rings. The molecule has 0 amide bonds. The molecule has 0 aliphatic carbocycles. The topological polar surface area (TPSA) is 104 Å². The number of anilines is 1. The molecule has 7 nitrogen and oxygen atoms in total. The highest BCUT2D eigenvalue weighted by atomic mass is 16.6. The lowest BCUT2D eigenvalue weighted by Gasteiger charge is -2.19. The van der Waals surface area contributed by atoms with E-state index in [0.717, 1.165) is 6.20 Å². The highest BCUT2D eigenvalue weighted by Crippen LogP contribution is 2.26. The predicted molar refractivity (Wildman–Crippen MR) is 53.5 cm³/mol. The summed E-state index contributed by atoms with van der Waals surface area (Å²) in [6.07, 6.45) is 1.03. The average molecular weight is 212 g/mol. The van der Waals surface area contributed by atoms with E-state index in [2.05, 4.69) is 9.97 Å². The van der Waals surface area contributed by atoms with Crippen LogP contribution in [0.4, 0.5) is 11.6 Å². The van der Waals surface area contributed by atoms with Crippen molar-refractivity contribution in [2.45, 2.75) is 26.4 Å². The zero-order valence-electron chi connectivity index (χ0n) is 8.72. The van der Waals surface area contributed by atoms with Gasteiger partial charge in [-0.2, -0.15) is 4.98 Å². The standard InChI is InChI=1S/C8H12N4O3/c1-8(2,3)15-6-5(12(13)14)4-10-7(9)11-6/h4H,1-3H3,(H2,9,10,11). The Morgan fingerprint density at radius 1 is 1.53 bits per heavy atom. The molecular formula is C8H12N4O3. The summed E-state index contributed by atoms with van der Waals surface area (Å²) in [5.74, 6) is -0.167. The predicted octanol–water partition coefficient (Wildman–Crippen LogP) is 1.14. The molecule has 1 aromatic rings. The van der Waals surface area contributed by atoms with Gasteiger partial charge in [0, 0.05) is 0 Å². The first-order valence-corrected chi connectivity index (χ1v) is 4.25. The molecule has 0 aliphatic rings. The van der Waals surface area contributed by atoms with Gasteiger partial charge < -0.3 is 10.5 Å². The number of nitrogens with zero attached hydrogens (tertiary/aromatic N) is 3. The van der Waals surface area contributed by atoms with E-state index in [-0.39, 0.29) is 17.5 Å². The molecule has 1 rings (SSSR count). The van der Waals surface area contributed by atoms with Crippen LogP contribution in [0.1, 0.15) is 20.8 Å². The van der Waals surface area contributed by atoms with Crippen LogP contribution in [0.5, 0.6) is 5.88 Å². The minimum atomic E-state index is -0.611. The fourth-order valence-corrected chi connectivity index (χ4v) is 0.863. The van der Waals surface area contributed by atoms with Crippen LogP contribution in [0, 0.1) is 10.1 Å². The van der Waals surface area contributed by atoms with Crippen molar-refractivity contribution < 1.29 is 9.66 Å². The van der Waals surface area contributed by atoms with Crippen molar-refractivity contribution >= 4 is 11.6 Å². The lowest BCUT2D eigenvalue weighted by molar-refractivity contribution is -0.386. The first kappa shape index (κ1) is 11.2. The zero-order valence-corrected chi connectivity index (χ0v) is 8.72. The number of nitrogens with two attached hydrogens (primary N) is 1. The van der Waals surface area contributed by atoms with Crippen molar-refractivity contribution in [1.82, 2.24) is 9.97 Å². The fraction of sp³-hybridized carbons (Fsp3) is 0.500. The van der Waals surface area contributed by atoms with Gasteiger partial charge in [-0.15, -0.1) is 0 Å². The van der Waals surface area contributed by atoms with Gasteiger partial charge in [-0.1, -0.05) is 0 Å². The van der Waals surface area contributed by atoms with Gasteiger partial charge in [-0.05, 0) is 20.8 Å². The molecule has 0 bridgehead atoms. The molecular weight excluding hydrogens is 200 g/mol. The Balaban J connectivity index is 3.13. The van der Waals surface area contributed by atoms with E-state index in [4.69, 9.17) is 10.5 Å². The number of hydrogen-bond donors (Lipinski definition) is 1. The van der Waals surface area contributed by atoms with E-state index in [1.807, 2.05) is 0 Å². The summed E-state index contributed by atoms with van der Waals surface area (Å²) >= 11 is 0. The minimum absolute atomic E-state index is 0.0557. The Hall–Kier alpha value is -1.92. The Bertz CT molecular complexity index is 386. The summed E-state index contributed by atoms with van der Waals surface area (Å²) in [5.41, 5.74) is 4.45. The summed E-state index contributed by atoms with van der Waals surface area (Å²) in [5, 5.41) is 10.6. The molecule has 0 aromatic carbocycles. The van der Waals surface area contributed by atoms with E-state index < -0.39 is 10.5 Å². The van der Waals surface area contributed by atoms with Crippen LogP contribution in [0.15, 0.2) is 6.20 Å². The largest absolute Gasteiger partial charge is 0.467 e. The van der Waals surface area contributed by atoms with E-state index in [0.29, 0.717) is 0 Å². The second-order valence-corrected chi connectivity index (χ2v) is 3.89. The summed E-state index contributed by atoms with van der Waals surface area (Å²) in [4.78, 5) is 17.2. The van der Waals surface area contributed by atoms with Crippen molar-refractivity contribution in [3.8, 4) is 5.88 Å². The van der Waals surface area contributed by atoms with E-state index in [1.54, 1.807) is 20.8 Å². The summed E-state index contributed by atoms with van der Waals surface area (Å²) in [6.45, 7) is 5.28. The van der Waals surface area contributed by atoms with Crippen LogP contribution in [-0.4, -0.2) is 20.5 Å². The van der Waals surface area contributed by atoms with Gasteiger partial charge in [0.25, 0.3) is 5.88 Å². The highest BCUT2D eigenvalue weighted by Gasteiger charge is 2.23. The van der Waals surface area contributed by atoms with Crippen LogP contribution >= 0.6 is 0 Å². The van der Waals surface area contributed by atoms with Crippen molar-refractivity contribution in [1.29, 1.82) is 0 Å². The SMILES string of the molecule is CC(C)(C)Oc1nc(N)ncc1[N+](=O)[O-]. The maximum atomic E-state index is 10.6. The van der Waals surface area contributed by atoms with Gasteiger partial charge in [0.2, 0.25) is 5.95 Å². The molecule has 0 saturated heterocycles. The minimum Gasteiger partial charge on any atom is -0.467 e. The molecule has 7 heteroatoms. The molecule has 0 unspecified atom stereocenters. The molecule has 0 atom stereocenters. The lowest BCUT2D eigenvalue weighted by atomic mass is 10.2. The smallest absolute Gasteiger partial charge is 0.349 e. The third-order valence-corrected chi connectivity index (χ3v) is 1.35. The van der Waals surface area contributed by atoms with Crippen molar-refractivity contribution in [2.75, 3.05) is 5.73 Å².